The number of hydrogen-bond acceptors (Lipinski definition) is 5. The molecule has 1 aromatic heterocycles. The van der Waals surface area contributed by atoms with Gasteiger partial charge in [0.2, 0.25) is 5.91 Å². The minimum atomic E-state index is -0.734. The number of benzene rings is 2. The van der Waals surface area contributed by atoms with Crippen molar-refractivity contribution in [2.75, 3.05) is 18.6 Å². The first-order valence-electron chi connectivity index (χ1n) is 16.8. The summed E-state index contributed by atoms with van der Waals surface area (Å²) in [6.07, 6.45) is 15.1. The zero-order valence-corrected chi connectivity index (χ0v) is 26.7. The number of amides is 2. The summed E-state index contributed by atoms with van der Waals surface area (Å²) in [4.78, 5) is 27.9. The molecule has 8 rings (SSSR count). The topological polar surface area (TPSA) is 99.7 Å². The highest BCUT2D eigenvalue weighted by atomic mass is 16.6. The molecule has 0 aliphatic heterocycles. The standard InChI is InChI=1S/C37H46N4O4/c1-25-20-29(8-13-33(25)44-2)37-17-14-36(15-18-37,16-19-37)24-40(34(42)26-6-11-32(12-7-26)45-35(38)43)31-5-3-4-27(21-31)28-22-39-41(23-28)30-9-10-30/h3-5,8,13,20-23,26,30,32H,6-7,9-12,14-19,24H2,1-2H3,(H2,38,43). The molecule has 1 heterocycles. The van der Waals surface area contributed by atoms with Gasteiger partial charge in [-0.25, -0.2) is 4.79 Å². The van der Waals surface area contributed by atoms with Crippen LogP contribution in [-0.4, -0.2) is 41.5 Å². The fourth-order valence-corrected chi connectivity index (χ4v) is 8.47. The molecule has 45 heavy (non-hydrogen) atoms. The lowest BCUT2D eigenvalue weighted by molar-refractivity contribution is -0.124. The summed E-state index contributed by atoms with van der Waals surface area (Å²) in [7, 11) is 1.74. The molecule has 3 aromatic rings. The summed E-state index contributed by atoms with van der Waals surface area (Å²) in [6.45, 7) is 2.88. The molecule has 2 aromatic carbocycles. The SMILES string of the molecule is COc1ccc(C23CCC(CN(C(=O)C4CCC(OC(N)=O)CC4)c4cccc(-c5cnn(C6CC6)c5)c4)(CC2)CC3)cc1C. The van der Waals surface area contributed by atoms with Gasteiger partial charge in [0, 0.05) is 29.9 Å². The number of primary amides is 1. The molecule has 5 fully saturated rings. The summed E-state index contributed by atoms with van der Waals surface area (Å²) in [6, 6.07) is 15.7. The van der Waals surface area contributed by atoms with Crippen LogP contribution in [0.4, 0.5) is 10.5 Å². The quantitative estimate of drug-likeness (QED) is 0.271. The third-order valence-electron chi connectivity index (χ3n) is 11.5. The van der Waals surface area contributed by atoms with Gasteiger partial charge >= 0.3 is 6.09 Å². The van der Waals surface area contributed by atoms with Crippen molar-refractivity contribution in [3.05, 3.63) is 66.0 Å². The first-order valence-corrected chi connectivity index (χ1v) is 16.8. The molecule has 8 heteroatoms. The first-order chi connectivity index (χ1) is 21.8. The van der Waals surface area contributed by atoms with Gasteiger partial charge in [-0.05, 0) is 130 Å². The highest BCUT2D eigenvalue weighted by Gasteiger charge is 2.50. The fourth-order valence-electron chi connectivity index (χ4n) is 8.47. The second kappa shape index (κ2) is 11.8. The van der Waals surface area contributed by atoms with Crippen LogP contribution in [0.3, 0.4) is 0 Å². The van der Waals surface area contributed by atoms with Crippen molar-refractivity contribution in [2.24, 2.45) is 17.1 Å². The van der Waals surface area contributed by atoms with E-state index in [2.05, 4.69) is 70.3 Å². The average molecular weight is 611 g/mol. The van der Waals surface area contributed by atoms with Crippen LogP contribution in [0, 0.1) is 18.3 Å². The van der Waals surface area contributed by atoms with Gasteiger partial charge in [0.05, 0.1) is 19.3 Å². The number of ether oxygens (including phenoxy) is 2. The summed E-state index contributed by atoms with van der Waals surface area (Å²) in [5, 5.41) is 4.62. The third-order valence-corrected chi connectivity index (χ3v) is 11.5. The fraction of sp³-hybridized carbons (Fsp3) is 0.541. The van der Waals surface area contributed by atoms with E-state index in [1.807, 2.05) is 6.20 Å². The smallest absolute Gasteiger partial charge is 0.404 e. The highest BCUT2D eigenvalue weighted by Crippen LogP contribution is 2.58. The number of fused-ring (bicyclic) bond motifs is 3. The van der Waals surface area contributed by atoms with Gasteiger partial charge < -0.3 is 20.1 Å². The molecule has 2 bridgehead atoms. The number of carbonyl (C=O) groups excluding carboxylic acids is 2. The number of nitrogens with two attached hydrogens (primary N) is 1. The molecule has 0 saturated heterocycles. The predicted molar refractivity (Wildman–Crippen MR) is 174 cm³/mol. The molecule has 0 atom stereocenters. The Morgan fingerprint density at radius 2 is 1.69 bits per heavy atom. The first kappa shape index (κ1) is 29.9. The Labute approximate surface area is 266 Å². The molecule has 0 spiro atoms. The Morgan fingerprint density at radius 3 is 2.33 bits per heavy atom. The number of nitrogens with zero attached hydrogens (tertiary/aromatic N) is 3. The summed E-state index contributed by atoms with van der Waals surface area (Å²) in [5.41, 5.74) is 11.4. The predicted octanol–water partition coefficient (Wildman–Crippen LogP) is 7.48. The molecule has 0 radical (unpaired) electrons. The van der Waals surface area contributed by atoms with Crippen LogP contribution in [0.5, 0.6) is 5.75 Å². The third kappa shape index (κ3) is 5.96. The maximum Gasteiger partial charge on any atom is 0.404 e. The second-order valence-electron chi connectivity index (χ2n) is 14.3. The summed E-state index contributed by atoms with van der Waals surface area (Å²) in [5.74, 6) is 1.05. The van der Waals surface area contributed by atoms with E-state index in [4.69, 9.17) is 15.2 Å². The van der Waals surface area contributed by atoms with Crippen LogP contribution in [0.1, 0.15) is 94.2 Å². The highest BCUT2D eigenvalue weighted by molar-refractivity contribution is 5.96. The Bertz CT molecular complexity index is 1540. The summed E-state index contributed by atoms with van der Waals surface area (Å²) >= 11 is 0. The van der Waals surface area contributed by atoms with E-state index >= 15 is 0 Å². The van der Waals surface area contributed by atoms with Crippen molar-refractivity contribution in [2.45, 2.75) is 102 Å². The molecular formula is C37H46N4O4. The van der Waals surface area contributed by atoms with Crippen molar-refractivity contribution in [1.29, 1.82) is 0 Å². The number of aromatic nitrogens is 2. The second-order valence-corrected chi connectivity index (χ2v) is 14.3. The van der Waals surface area contributed by atoms with Crippen LogP contribution < -0.4 is 15.4 Å². The molecule has 0 unspecified atom stereocenters. The van der Waals surface area contributed by atoms with E-state index in [1.165, 1.54) is 24.0 Å². The van der Waals surface area contributed by atoms with Crippen molar-refractivity contribution in [1.82, 2.24) is 9.78 Å². The van der Waals surface area contributed by atoms with Crippen LogP contribution in [0.2, 0.25) is 0 Å². The minimum absolute atomic E-state index is 0.0936. The lowest BCUT2D eigenvalue weighted by Gasteiger charge is -2.55. The Kier molecular flexibility index (Phi) is 7.86. The molecule has 2 N–H and O–H groups in total. The van der Waals surface area contributed by atoms with E-state index in [0.717, 1.165) is 67.6 Å². The van der Waals surface area contributed by atoms with Crippen LogP contribution in [0.15, 0.2) is 54.9 Å². The van der Waals surface area contributed by atoms with Gasteiger partial charge in [0.15, 0.2) is 0 Å². The molecule has 238 valence electrons. The van der Waals surface area contributed by atoms with Gasteiger partial charge in [0.25, 0.3) is 0 Å². The Morgan fingerprint density at radius 1 is 0.956 bits per heavy atom. The van der Waals surface area contributed by atoms with Gasteiger partial charge in [-0.15, -0.1) is 0 Å². The van der Waals surface area contributed by atoms with Crippen molar-refractivity contribution >= 4 is 17.7 Å². The van der Waals surface area contributed by atoms with E-state index in [0.29, 0.717) is 31.7 Å². The number of methoxy groups -OCH3 is 1. The van der Waals surface area contributed by atoms with Gasteiger partial charge in [-0.2, -0.15) is 5.10 Å². The molecule has 8 nitrogen and oxygen atoms in total. The van der Waals surface area contributed by atoms with Gasteiger partial charge in [-0.3, -0.25) is 9.48 Å². The Balaban J connectivity index is 1.13. The molecule has 2 amide bonds. The number of hydrogen-bond donors (Lipinski definition) is 1. The molecule has 5 aliphatic carbocycles. The lowest BCUT2D eigenvalue weighted by Crippen LogP contribution is -2.51. The zero-order chi connectivity index (χ0) is 31.2. The summed E-state index contributed by atoms with van der Waals surface area (Å²) < 4.78 is 12.9. The maximum absolute atomic E-state index is 14.5. The maximum atomic E-state index is 14.5. The molecule has 5 saturated carbocycles. The number of anilines is 1. The van der Waals surface area contributed by atoms with Gasteiger partial charge in [-0.1, -0.05) is 24.3 Å². The lowest BCUT2D eigenvalue weighted by atomic mass is 9.51. The van der Waals surface area contributed by atoms with Crippen molar-refractivity contribution in [3.63, 3.8) is 0 Å². The zero-order valence-electron chi connectivity index (χ0n) is 26.7. The van der Waals surface area contributed by atoms with E-state index in [1.54, 1.807) is 7.11 Å². The van der Waals surface area contributed by atoms with E-state index in [-0.39, 0.29) is 28.8 Å². The van der Waals surface area contributed by atoms with Gasteiger partial charge in [0.1, 0.15) is 11.9 Å². The largest absolute Gasteiger partial charge is 0.496 e. The van der Waals surface area contributed by atoms with Crippen LogP contribution in [-0.2, 0) is 14.9 Å². The minimum Gasteiger partial charge on any atom is -0.496 e. The number of carbonyl (C=O) groups is 2. The van der Waals surface area contributed by atoms with E-state index in [9.17, 15) is 9.59 Å². The number of rotatable bonds is 9. The monoisotopic (exact) mass is 610 g/mol. The average Bonchev–Trinajstić information content (AvgIpc) is 3.80. The Hall–Kier alpha value is -3.81. The van der Waals surface area contributed by atoms with Crippen molar-refractivity contribution < 1.29 is 19.1 Å². The number of aryl methyl sites for hydroxylation is 1. The normalized spacial score (nSPS) is 27.6. The van der Waals surface area contributed by atoms with Crippen LogP contribution in [0.25, 0.3) is 11.1 Å². The van der Waals surface area contributed by atoms with Crippen LogP contribution >= 0.6 is 0 Å². The van der Waals surface area contributed by atoms with Crippen molar-refractivity contribution in [3.8, 4) is 16.9 Å². The molecular weight excluding hydrogens is 564 g/mol. The van der Waals surface area contributed by atoms with E-state index < -0.39 is 6.09 Å². The molecule has 5 aliphatic rings.